The number of aryl methyl sites for hydroxylation is 1. The second-order valence-corrected chi connectivity index (χ2v) is 3.92. The first-order valence-corrected chi connectivity index (χ1v) is 4.78. The van der Waals surface area contributed by atoms with Crippen LogP contribution in [0.3, 0.4) is 0 Å². The zero-order valence-electron chi connectivity index (χ0n) is 7.62. The highest BCUT2D eigenvalue weighted by Gasteiger charge is 2.15. The molecule has 0 saturated carbocycles. The molecule has 0 radical (unpaired) electrons. The average Bonchev–Trinajstić information content (AvgIpc) is 2.29. The molecule has 0 saturated heterocycles. The topological polar surface area (TPSA) is 60.9 Å². The lowest BCUT2D eigenvalue weighted by Gasteiger charge is -2.04. The second kappa shape index (κ2) is 4.02. The number of Topliss-reactive ketones (excluding diaryl/α,β-unsaturated/α-hetero) is 1. The Morgan fingerprint density at radius 1 is 1.85 bits per heavy atom. The molecular formula is C8H12BrN3O. The van der Waals surface area contributed by atoms with Gasteiger partial charge in [-0.2, -0.15) is 5.10 Å². The van der Waals surface area contributed by atoms with Crippen LogP contribution in [0.2, 0.25) is 0 Å². The highest BCUT2D eigenvalue weighted by Crippen LogP contribution is 2.16. The van der Waals surface area contributed by atoms with Gasteiger partial charge in [0.2, 0.25) is 0 Å². The van der Waals surface area contributed by atoms with Crippen LogP contribution in [0.25, 0.3) is 0 Å². The molecule has 0 spiro atoms. The fraction of sp³-hybridized carbons (Fsp3) is 0.500. The monoisotopic (exact) mass is 245 g/mol. The van der Waals surface area contributed by atoms with E-state index in [4.69, 9.17) is 5.73 Å². The van der Waals surface area contributed by atoms with E-state index in [1.54, 1.807) is 17.9 Å². The standard InChI is InChI=1S/C8H12BrN3O/c1-5(10)3-7(13)8-6(9)4-11-12(8)2/h4-5H,3,10H2,1-2H3. The first-order valence-electron chi connectivity index (χ1n) is 3.98. The Bertz CT molecular complexity index is 300. The first kappa shape index (κ1) is 10.4. The highest BCUT2D eigenvalue weighted by atomic mass is 79.9. The molecule has 0 aliphatic rings. The van der Waals surface area contributed by atoms with Crippen LogP contribution in [-0.2, 0) is 7.05 Å². The summed E-state index contributed by atoms with van der Waals surface area (Å²) < 4.78 is 2.27. The van der Waals surface area contributed by atoms with E-state index in [1.807, 2.05) is 6.92 Å². The normalized spacial score (nSPS) is 12.9. The number of halogens is 1. The summed E-state index contributed by atoms with van der Waals surface area (Å²) >= 11 is 3.26. The number of nitrogens with two attached hydrogens (primary N) is 1. The van der Waals surface area contributed by atoms with Gasteiger partial charge in [0.15, 0.2) is 5.78 Å². The van der Waals surface area contributed by atoms with E-state index in [-0.39, 0.29) is 11.8 Å². The number of carbonyl (C=O) groups excluding carboxylic acids is 1. The van der Waals surface area contributed by atoms with Crippen molar-refractivity contribution in [2.75, 3.05) is 0 Å². The molecule has 0 aliphatic carbocycles. The Kier molecular flexibility index (Phi) is 3.22. The van der Waals surface area contributed by atoms with Crippen molar-refractivity contribution in [2.24, 2.45) is 12.8 Å². The summed E-state index contributed by atoms with van der Waals surface area (Å²) in [6.07, 6.45) is 1.95. The maximum atomic E-state index is 11.6. The average molecular weight is 246 g/mol. The molecule has 1 aromatic rings. The van der Waals surface area contributed by atoms with Crippen molar-refractivity contribution < 1.29 is 4.79 Å². The molecule has 1 heterocycles. The number of aromatic nitrogens is 2. The van der Waals surface area contributed by atoms with E-state index in [0.717, 1.165) is 4.47 Å². The highest BCUT2D eigenvalue weighted by molar-refractivity contribution is 9.10. The number of rotatable bonds is 3. The molecule has 72 valence electrons. The van der Waals surface area contributed by atoms with E-state index in [1.165, 1.54) is 0 Å². The minimum absolute atomic E-state index is 0.0156. The van der Waals surface area contributed by atoms with Gasteiger partial charge in [-0.1, -0.05) is 0 Å². The summed E-state index contributed by atoms with van der Waals surface area (Å²) in [6.45, 7) is 1.81. The number of ketones is 1. The van der Waals surface area contributed by atoms with Gasteiger partial charge in [0.05, 0.1) is 10.7 Å². The van der Waals surface area contributed by atoms with Crippen molar-refractivity contribution in [1.82, 2.24) is 9.78 Å². The van der Waals surface area contributed by atoms with Gasteiger partial charge in [0.1, 0.15) is 5.69 Å². The first-order chi connectivity index (χ1) is 6.02. The number of carbonyl (C=O) groups is 1. The zero-order chi connectivity index (χ0) is 10.0. The molecule has 1 unspecified atom stereocenters. The molecule has 0 aliphatic heterocycles. The van der Waals surface area contributed by atoms with Crippen molar-refractivity contribution >= 4 is 21.7 Å². The molecule has 1 aromatic heterocycles. The SMILES string of the molecule is CC(N)CC(=O)c1c(Br)cnn1C. The number of hydrogen-bond donors (Lipinski definition) is 1. The summed E-state index contributed by atoms with van der Waals surface area (Å²) in [7, 11) is 1.74. The van der Waals surface area contributed by atoms with E-state index >= 15 is 0 Å². The van der Waals surface area contributed by atoms with Gasteiger partial charge in [0.25, 0.3) is 0 Å². The molecule has 2 N–H and O–H groups in total. The van der Waals surface area contributed by atoms with E-state index in [9.17, 15) is 4.79 Å². The molecular weight excluding hydrogens is 234 g/mol. The van der Waals surface area contributed by atoms with Crippen LogP contribution < -0.4 is 5.73 Å². The molecule has 1 atom stereocenters. The fourth-order valence-electron chi connectivity index (χ4n) is 1.11. The van der Waals surface area contributed by atoms with E-state index in [0.29, 0.717) is 12.1 Å². The molecule has 13 heavy (non-hydrogen) atoms. The quantitative estimate of drug-likeness (QED) is 0.812. The predicted molar refractivity (Wildman–Crippen MR) is 53.5 cm³/mol. The van der Waals surface area contributed by atoms with Gasteiger partial charge in [-0.25, -0.2) is 0 Å². The third-order valence-corrected chi connectivity index (χ3v) is 2.25. The van der Waals surface area contributed by atoms with Crippen LogP contribution in [0.15, 0.2) is 10.7 Å². The molecule has 1 rings (SSSR count). The van der Waals surface area contributed by atoms with Crippen molar-refractivity contribution in [1.29, 1.82) is 0 Å². The largest absolute Gasteiger partial charge is 0.328 e. The lowest BCUT2D eigenvalue weighted by atomic mass is 10.1. The summed E-state index contributed by atoms with van der Waals surface area (Å²) in [4.78, 5) is 11.6. The van der Waals surface area contributed by atoms with Crippen LogP contribution in [0.1, 0.15) is 23.8 Å². The predicted octanol–water partition coefficient (Wildman–Crippen LogP) is 1.10. The van der Waals surface area contributed by atoms with Crippen LogP contribution >= 0.6 is 15.9 Å². The summed E-state index contributed by atoms with van der Waals surface area (Å²) in [5.41, 5.74) is 6.11. The summed E-state index contributed by atoms with van der Waals surface area (Å²) in [5.74, 6) is 0.0156. The minimum Gasteiger partial charge on any atom is -0.328 e. The van der Waals surface area contributed by atoms with E-state index < -0.39 is 0 Å². The van der Waals surface area contributed by atoms with Crippen LogP contribution in [0, 0.1) is 0 Å². The van der Waals surface area contributed by atoms with Crippen LogP contribution in [0.5, 0.6) is 0 Å². The smallest absolute Gasteiger partial charge is 0.183 e. The summed E-state index contributed by atoms with van der Waals surface area (Å²) in [6, 6.07) is -0.116. The third kappa shape index (κ3) is 2.38. The Morgan fingerprint density at radius 3 is 2.85 bits per heavy atom. The summed E-state index contributed by atoms with van der Waals surface area (Å²) in [5, 5.41) is 3.95. The Morgan fingerprint density at radius 2 is 2.46 bits per heavy atom. The molecule has 0 aromatic carbocycles. The maximum Gasteiger partial charge on any atom is 0.183 e. The fourth-order valence-corrected chi connectivity index (χ4v) is 1.68. The number of hydrogen-bond acceptors (Lipinski definition) is 3. The Hall–Kier alpha value is -0.680. The van der Waals surface area contributed by atoms with Gasteiger partial charge in [-0.15, -0.1) is 0 Å². The van der Waals surface area contributed by atoms with Gasteiger partial charge in [-0.3, -0.25) is 9.48 Å². The zero-order valence-corrected chi connectivity index (χ0v) is 9.21. The van der Waals surface area contributed by atoms with Crippen molar-refractivity contribution in [3.05, 3.63) is 16.4 Å². The Balaban J connectivity index is 2.88. The molecule has 4 nitrogen and oxygen atoms in total. The van der Waals surface area contributed by atoms with E-state index in [2.05, 4.69) is 21.0 Å². The molecule has 0 amide bonds. The van der Waals surface area contributed by atoms with Gasteiger partial charge >= 0.3 is 0 Å². The van der Waals surface area contributed by atoms with Crippen LogP contribution in [0.4, 0.5) is 0 Å². The number of nitrogens with zero attached hydrogens (tertiary/aromatic N) is 2. The third-order valence-electron chi connectivity index (χ3n) is 1.67. The molecule has 0 bridgehead atoms. The molecule has 5 heteroatoms. The maximum absolute atomic E-state index is 11.6. The van der Waals surface area contributed by atoms with Gasteiger partial charge < -0.3 is 5.73 Å². The van der Waals surface area contributed by atoms with Crippen molar-refractivity contribution in [3.8, 4) is 0 Å². The van der Waals surface area contributed by atoms with Crippen LogP contribution in [-0.4, -0.2) is 21.6 Å². The lowest BCUT2D eigenvalue weighted by molar-refractivity contribution is 0.0966. The lowest BCUT2D eigenvalue weighted by Crippen LogP contribution is -2.21. The minimum atomic E-state index is -0.116. The van der Waals surface area contributed by atoms with Gasteiger partial charge in [-0.05, 0) is 22.9 Å². The van der Waals surface area contributed by atoms with Crippen molar-refractivity contribution in [3.63, 3.8) is 0 Å². The van der Waals surface area contributed by atoms with Gasteiger partial charge in [0, 0.05) is 19.5 Å². The van der Waals surface area contributed by atoms with Crippen molar-refractivity contribution in [2.45, 2.75) is 19.4 Å². The molecule has 0 fully saturated rings. The second-order valence-electron chi connectivity index (χ2n) is 3.07. The Labute approximate surface area is 85.2 Å².